The zero-order valence-corrected chi connectivity index (χ0v) is 30.6. The first-order valence-electron chi connectivity index (χ1n) is 19.1. The number of aliphatic hydroxyl groups is 8. The van der Waals surface area contributed by atoms with Crippen LogP contribution in [0.25, 0.3) is 0 Å². The number of hydrogen-bond acceptors (Lipinski definition) is 13. The molecule has 2 rings (SSSR count). The maximum absolute atomic E-state index is 12.9. The van der Waals surface area contributed by atoms with Gasteiger partial charge in [-0.2, -0.15) is 0 Å². The Labute approximate surface area is 303 Å². The Morgan fingerprint density at radius 2 is 1.25 bits per heavy atom. The topological polar surface area (TPSA) is 228 Å². The summed E-state index contributed by atoms with van der Waals surface area (Å²) in [6, 6.07) is -0.920. The summed E-state index contributed by atoms with van der Waals surface area (Å²) in [5.74, 6) is -0.261. The van der Waals surface area contributed by atoms with Gasteiger partial charge in [-0.15, -0.1) is 0 Å². The number of amides is 1. The summed E-state index contributed by atoms with van der Waals surface area (Å²) in [7, 11) is 0. The van der Waals surface area contributed by atoms with E-state index >= 15 is 0 Å². The van der Waals surface area contributed by atoms with Crippen molar-refractivity contribution in [2.45, 2.75) is 184 Å². The number of carbonyl (C=O) groups is 1. The predicted molar refractivity (Wildman–Crippen MR) is 189 cm³/mol. The summed E-state index contributed by atoms with van der Waals surface area (Å²) in [5.41, 5.74) is 0. The standard InChI is InChI=1S/C37H67NO13/c1-3-5-7-9-11-13-14-16-18-20-26(41)25(38-29(42)21-19-17-15-12-10-8-6-4-2)24-48-36-34(47)32(45)35(28(23-40)50-36)51-37-33(46)31(44)30(43)27(22-39)49-37/h11,13,18,20,25-28,30-37,39-41,43-47H,3-10,12,14-17,19,21-24H2,1-2H3,(H,38,42)/b13-11+,20-18+. The molecule has 2 aliphatic heterocycles. The van der Waals surface area contributed by atoms with E-state index in [1.165, 1.54) is 38.5 Å². The van der Waals surface area contributed by atoms with Gasteiger partial charge in [0.05, 0.1) is 32.0 Å². The highest BCUT2D eigenvalue weighted by Crippen LogP contribution is 2.29. The van der Waals surface area contributed by atoms with Crippen LogP contribution < -0.4 is 5.32 Å². The van der Waals surface area contributed by atoms with E-state index in [2.05, 4.69) is 31.3 Å². The minimum atomic E-state index is -1.79. The van der Waals surface area contributed by atoms with Crippen molar-refractivity contribution in [1.82, 2.24) is 5.32 Å². The Morgan fingerprint density at radius 1 is 0.686 bits per heavy atom. The molecule has 0 aromatic heterocycles. The molecule has 14 nitrogen and oxygen atoms in total. The van der Waals surface area contributed by atoms with E-state index in [9.17, 15) is 45.6 Å². The number of carbonyl (C=O) groups excluding carboxylic acids is 1. The quantitative estimate of drug-likeness (QED) is 0.0454. The Kier molecular flexibility index (Phi) is 23.5. The lowest BCUT2D eigenvalue weighted by molar-refractivity contribution is -0.359. The van der Waals surface area contributed by atoms with Crippen molar-refractivity contribution in [3.63, 3.8) is 0 Å². The van der Waals surface area contributed by atoms with Crippen molar-refractivity contribution >= 4 is 5.91 Å². The van der Waals surface area contributed by atoms with Gasteiger partial charge in [0.2, 0.25) is 5.91 Å². The molecule has 0 bridgehead atoms. The normalized spacial score (nSPS) is 31.3. The third kappa shape index (κ3) is 16.2. The summed E-state index contributed by atoms with van der Waals surface area (Å²) in [6.45, 7) is 2.61. The highest BCUT2D eigenvalue weighted by atomic mass is 16.7. The Bertz CT molecular complexity index is 967. The van der Waals surface area contributed by atoms with Gasteiger partial charge in [0.25, 0.3) is 0 Å². The number of aliphatic hydroxyl groups excluding tert-OH is 8. The van der Waals surface area contributed by atoms with Crippen LogP contribution in [0.3, 0.4) is 0 Å². The van der Waals surface area contributed by atoms with Crippen LogP contribution in [0.15, 0.2) is 24.3 Å². The summed E-state index contributed by atoms with van der Waals surface area (Å²) in [4.78, 5) is 12.9. The second-order valence-electron chi connectivity index (χ2n) is 13.7. The molecule has 2 fully saturated rings. The molecule has 2 heterocycles. The minimum absolute atomic E-state index is 0.261. The van der Waals surface area contributed by atoms with Gasteiger partial charge < -0.3 is 65.1 Å². The lowest BCUT2D eigenvalue weighted by Crippen LogP contribution is -2.65. The number of rotatable bonds is 26. The van der Waals surface area contributed by atoms with Crippen LogP contribution in [0.4, 0.5) is 0 Å². The van der Waals surface area contributed by atoms with Crippen LogP contribution in [0.5, 0.6) is 0 Å². The average molecular weight is 734 g/mol. The fourth-order valence-electron chi connectivity index (χ4n) is 6.13. The van der Waals surface area contributed by atoms with Gasteiger partial charge >= 0.3 is 0 Å². The number of ether oxygens (including phenoxy) is 4. The lowest BCUT2D eigenvalue weighted by Gasteiger charge is -2.46. The monoisotopic (exact) mass is 733 g/mol. The summed E-state index contributed by atoms with van der Waals surface area (Å²) < 4.78 is 22.4. The van der Waals surface area contributed by atoms with E-state index < -0.39 is 86.8 Å². The summed E-state index contributed by atoms with van der Waals surface area (Å²) in [5, 5.41) is 85.8. The number of allylic oxidation sites excluding steroid dienone is 3. The van der Waals surface area contributed by atoms with Crippen LogP contribution in [0, 0.1) is 0 Å². The van der Waals surface area contributed by atoms with Crippen molar-refractivity contribution in [2.24, 2.45) is 0 Å². The molecule has 0 radical (unpaired) electrons. The van der Waals surface area contributed by atoms with E-state index in [0.29, 0.717) is 12.8 Å². The van der Waals surface area contributed by atoms with E-state index in [0.717, 1.165) is 38.5 Å². The van der Waals surface area contributed by atoms with Crippen molar-refractivity contribution in [3.05, 3.63) is 24.3 Å². The molecule has 12 atom stereocenters. The highest BCUT2D eigenvalue weighted by Gasteiger charge is 2.50. The number of hydrogen-bond donors (Lipinski definition) is 9. The SMILES string of the molecule is CCCCC/C=C/CC/C=C/C(O)C(COC1OC(CO)C(OC2OC(CO)C(O)C(O)C2O)C(O)C1O)NC(=O)CCCCCCCCCC. The van der Waals surface area contributed by atoms with Gasteiger partial charge in [-0.3, -0.25) is 4.79 Å². The molecule has 2 aliphatic rings. The van der Waals surface area contributed by atoms with E-state index in [4.69, 9.17) is 18.9 Å². The molecular weight excluding hydrogens is 666 g/mol. The predicted octanol–water partition coefficient (Wildman–Crippen LogP) is 1.48. The van der Waals surface area contributed by atoms with Crippen molar-refractivity contribution in [2.75, 3.05) is 19.8 Å². The first kappa shape index (κ1) is 45.6. The third-order valence-corrected chi connectivity index (χ3v) is 9.39. The van der Waals surface area contributed by atoms with Crippen LogP contribution in [-0.2, 0) is 23.7 Å². The molecule has 14 heteroatoms. The largest absolute Gasteiger partial charge is 0.394 e. The molecule has 51 heavy (non-hydrogen) atoms. The fraction of sp³-hybridized carbons (Fsp3) is 0.865. The van der Waals surface area contributed by atoms with Crippen LogP contribution in [0.1, 0.15) is 110 Å². The Morgan fingerprint density at radius 3 is 1.92 bits per heavy atom. The Balaban J connectivity index is 2.00. The molecule has 2 saturated heterocycles. The van der Waals surface area contributed by atoms with Gasteiger partial charge in [-0.25, -0.2) is 0 Å². The lowest BCUT2D eigenvalue weighted by atomic mass is 9.97. The molecule has 0 aliphatic carbocycles. The molecule has 1 amide bonds. The van der Waals surface area contributed by atoms with Gasteiger partial charge in [-0.05, 0) is 32.1 Å². The summed E-state index contributed by atoms with van der Waals surface area (Å²) in [6.07, 6.45) is 5.63. The highest BCUT2D eigenvalue weighted by molar-refractivity contribution is 5.76. The maximum Gasteiger partial charge on any atom is 0.220 e. The van der Waals surface area contributed by atoms with Crippen LogP contribution in [0.2, 0.25) is 0 Å². The van der Waals surface area contributed by atoms with E-state index in [1.54, 1.807) is 6.08 Å². The summed E-state index contributed by atoms with van der Waals surface area (Å²) >= 11 is 0. The van der Waals surface area contributed by atoms with Crippen molar-refractivity contribution in [3.8, 4) is 0 Å². The molecule has 9 N–H and O–H groups in total. The fourth-order valence-corrected chi connectivity index (χ4v) is 6.13. The molecule has 0 aromatic rings. The van der Waals surface area contributed by atoms with Crippen molar-refractivity contribution in [1.29, 1.82) is 0 Å². The van der Waals surface area contributed by atoms with Gasteiger partial charge in [0.1, 0.15) is 48.8 Å². The zero-order valence-electron chi connectivity index (χ0n) is 30.6. The molecule has 12 unspecified atom stereocenters. The van der Waals surface area contributed by atoms with Gasteiger partial charge in [0.15, 0.2) is 12.6 Å². The zero-order chi connectivity index (χ0) is 37.6. The molecule has 298 valence electrons. The second kappa shape index (κ2) is 26.3. The Hall–Kier alpha value is -1.53. The second-order valence-corrected chi connectivity index (χ2v) is 13.7. The minimum Gasteiger partial charge on any atom is -0.394 e. The molecule has 0 saturated carbocycles. The molecular formula is C37H67NO13. The van der Waals surface area contributed by atoms with Gasteiger partial charge in [-0.1, -0.05) is 95.9 Å². The molecule has 0 spiro atoms. The smallest absolute Gasteiger partial charge is 0.220 e. The van der Waals surface area contributed by atoms with Crippen molar-refractivity contribution < 1.29 is 64.6 Å². The van der Waals surface area contributed by atoms with Crippen LogP contribution in [-0.4, -0.2) is 140 Å². The first-order valence-corrected chi connectivity index (χ1v) is 19.1. The number of nitrogens with one attached hydrogen (secondary N) is 1. The number of unbranched alkanes of at least 4 members (excludes halogenated alkanes) is 11. The van der Waals surface area contributed by atoms with E-state index in [1.807, 2.05) is 6.08 Å². The molecule has 0 aromatic carbocycles. The first-order chi connectivity index (χ1) is 24.6. The van der Waals surface area contributed by atoms with Crippen LogP contribution >= 0.6 is 0 Å². The third-order valence-electron chi connectivity index (χ3n) is 9.39. The maximum atomic E-state index is 12.9. The van der Waals surface area contributed by atoms with Gasteiger partial charge in [0, 0.05) is 6.42 Å². The van der Waals surface area contributed by atoms with E-state index in [-0.39, 0.29) is 18.9 Å². The average Bonchev–Trinajstić information content (AvgIpc) is 3.12.